The highest BCUT2D eigenvalue weighted by Crippen LogP contribution is 2.37. The summed E-state index contributed by atoms with van der Waals surface area (Å²) < 4.78 is 42.1. The number of carboxylic acids is 1. The number of alkyl halides is 3. The van der Waals surface area contributed by atoms with Crippen molar-refractivity contribution in [2.45, 2.75) is 32.1 Å². The summed E-state index contributed by atoms with van der Waals surface area (Å²) in [6.07, 6.45) is -3.84. The fraction of sp³-hybridized carbons (Fsp3) is 0.167. The number of carbonyl (C=O) groups excluding carboxylic acids is 1. The number of benzene rings is 3. The molecule has 4 rings (SSSR count). The molecule has 2 amide bonds. The quantitative estimate of drug-likeness (QED) is 0.182. The SMILES string of the molecule is Cc1cn(Cc2ccccc2Cl)c(=O)c(NC(=O)N[C@@H](CC(=O)O)c2cccc(-c3ccccc3C(F)(F)F)c2)c1O. The van der Waals surface area contributed by atoms with Crippen LogP contribution in [0.15, 0.2) is 83.8 Å². The van der Waals surface area contributed by atoms with Gasteiger partial charge in [0.1, 0.15) is 5.75 Å². The Morgan fingerprint density at radius 3 is 2.40 bits per heavy atom. The van der Waals surface area contributed by atoms with E-state index in [1.54, 1.807) is 24.3 Å². The summed E-state index contributed by atoms with van der Waals surface area (Å²) in [6.45, 7) is 1.57. The van der Waals surface area contributed by atoms with Crippen LogP contribution in [0.25, 0.3) is 11.1 Å². The number of aliphatic carboxylic acids is 1. The van der Waals surface area contributed by atoms with Crippen LogP contribution in [0.3, 0.4) is 0 Å². The maximum Gasteiger partial charge on any atom is 0.417 e. The molecule has 0 spiro atoms. The minimum atomic E-state index is -4.63. The number of aromatic nitrogens is 1. The number of aromatic hydroxyl groups is 1. The van der Waals surface area contributed by atoms with Crippen molar-refractivity contribution in [2.24, 2.45) is 0 Å². The molecule has 218 valence electrons. The number of amides is 2. The maximum absolute atomic E-state index is 13.6. The maximum atomic E-state index is 13.6. The first kappa shape index (κ1) is 30.2. The molecule has 1 heterocycles. The van der Waals surface area contributed by atoms with Crippen molar-refractivity contribution in [3.63, 3.8) is 0 Å². The predicted molar refractivity (Wildman–Crippen MR) is 152 cm³/mol. The monoisotopic (exact) mass is 599 g/mol. The largest absolute Gasteiger partial charge is 0.505 e. The Labute approximate surface area is 243 Å². The molecule has 1 aromatic heterocycles. The summed E-state index contributed by atoms with van der Waals surface area (Å²) in [7, 11) is 0. The second-order valence-electron chi connectivity index (χ2n) is 9.48. The Morgan fingerprint density at radius 2 is 1.71 bits per heavy atom. The topological polar surface area (TPSA) is 121 Å². The lowest BCUT2D eigenvalue weighted by Gasteiger charge is -2.20. The first-order chi connectivity index (χ1) is 19.8. The highest BCUT2D eigenvalue weighted by molar-refractivity contribution is 6.31. The summed E-state index contributed by atoms with van der Waals surface area (Å²) in [6, 6.07) is 15.3. The van der Waals surface area contributed by atoms with Gasteiger partial charge in [0.2, 0.25) is 0 Å². The molecular weight excluding hydrogens is 575 g/mol. The average Bonchev–Trinajstić information content (AvgIpc) is 2.94. The molecule has 0 bridgehead atoms. The van der Waals surface area contributed by atoms with Gasteiger partial charge in [0, 0.05) is 16.8 Å². The van der Waals surface area contributed by atoms with Crippen LogP contribution in [0.2, 0.25) is 5.02 Å². The molecule has 3 aromatic carbocycles. The minimum Gasteiger partial charge on any atom is -0.505 e. The van der Waals surface area contributed by atoms with Gasteiger partial charge < -0.3 is 25.4 Å². The molecule has 0 aliphatic carbocycles. The van der Waals surface area contributed by atoms with Gasteiger partial charge in [0.05, 0.1) is 24.6 Å². The summed E-state index contributed by atoms with van der Waals surface area (Å²) >= 11 is 6.21. The van der Waals surface area contributed by atoms with E-state index < -0.39 is 53.2 Å². The van der Waals surface area contributed by atoms with Crippen molar-refractivity contribution in [3.05, 3.63) is 117 Å². The molecule has 0 fully saturated rings. The second kappa shape index (κ2) is 12.4. The number of anilines is 1. The zero-order valence-corrected chi connectivity index (χ0v) is 22.8. The van der Waals surface area contributed by atoms with E-state index in [9.17, 15) is 37.8 Å². The van der Waals surface area contributed by atoms with Crippen LogP contribution < -0.4 is 16.2 Å². The lowest BCUT2D eigenvalue weighted by molar-refractivity contribution is -0.138. The molecule has 0 saturated heterocycles. The van der Waals surface area contributed by atoms with Crippen LogP contribution in [0.5, 0.6) is 5.75 Å². The average molecular weight is 600 g/mol. The Kier molecular flexibility index (Phi) is 8.91. The fourth-order valence-electron chi connectivity index (χ4n) is 4.48. The van der Waals surface area contributed by atoms with E-state index in [0.717, 1.165) is 6.07 Å². The number of pyridine rings is 1. The molecule has 0 aliphatic rings. The van der Waals surface area contributed by atoms with E-state index in [1.165, 1.54) is 60.2 Å². The standard InChI is InChI=1S/C30H25ClF3N3O5/c1-17-15-37(16-20-7-2-5-12-23(20)31)28(41)26(27(17)40)36-29(42)35-24(14-25(38)39)19-9-6-8-18(13-19)21-10-3-4-11-22(21)30(32,33)34/h2-13,15,24,40H,14,16H2,1H3,(H,38,39)(H2,35,36,42)/t24-/m0/s1. The molecule has 42 heavy (non-hydrogen) atoms. The molecule has 0 saturated carbocycles. The van der Waals surface area contributed by atoms with E-state index >= 15 is 0 Å². The minimum absolute atomic E-state index is 0.0454. The number of nitrogens with zero attached hydrogens (tertiary/aromatic N) is 1. The highest BCUT2D eigenvalue weighted by Gasteiger charge is 2.33. The number of rotatable bonds is 8. The second-order valence-corrected chi connectivity index (χ2v) is 9.89. The number of carbonyl (C=O) groups is 2. The van der Waals surface area contributed by atoms with Gasteiger partial charge in [-0.25, -0.2) is 4.79 Å². The first-order valence-electron chi connectivity index (χ1n) is 12.6. The molecule has 0 unspecified atom stereocenters. The van der Waals surface area contributed by atoms with Crippen molar-refractivity contribution in [2.75, 3.05) is 5.32 Å². The zero-order valence-electron chi connectivity index (χ0n) is 22.1. The van der Waals surface area contributed by atoms with E-state index in [-0.39, 0.29) is 28.8 Å². The van der Waals surface area contributed by atoms with Crippen LogP contribution in [0.4, 0.5) is 23.7 Å². The Hall–Kier alpha value is -4.77. The molecule has 1 atom stereocenters. The van der Waals surface area contributed by atoms with Crippen LogP contribution >= 0.6 is 11.6 Å². The van der Waals surface area contributed by atoms with E-state index in [2.05, 4.69) is 10.6 Å². The molecule has 12 heteroatoms. The molecular formula is C30H25ClF3N3O5. The summed E-state index contributed by atoms with van der Waals surface area (Å²) in [4.78, 5) is 37.8. The van der Waals surface area contributed by atoms with Gasteiger partial charge in [-0.3, -0.25) is 9.59 Å². The van der Waals surface area contributed by atoms with Crippen LogP contribution in [0, 0.1) is 6.92 Å². The lowest BCUT2D eigenvalue weighted by Crippen LogP contribution is -2.36. The number of hydrogen-bond donors (Lipinski definition) is 4. The van der Waals surface area contributed by atoms with Crippen LogP contribution in [0.1, 0.15) is 34.7 Å². The third-order valence-corrected chi connectivity index (χ3v) is 6.86. The number of nitrogens with one attached hydrogen (secondary N) is 2. The van der Waals surface area contributed by atoms with Gasteiger partial charge in [0.15, 0.2) is 5.69 Å². The normalized spacial score (nSPS) is 12.0. The first-order valence-corrected chi connectivity index (χ1v) is 12.9. The molecule has 0 aliphatic heterocycles. The van der Waals surface area contributed by atoms with Crippen molar-refractivity contribution >= 4 is 29.3 Å². The van der Waals surface area contributed by atoms with Crippen molar-refractivity contribution in [1.82, 2.24) is 9.88 Å². The smallest absolute Gasteiger partial charge is 0.417 e. The molecule has 8 nitrogen and oxygen atoms in total. The Balaban J connectivity index is 1.63. The van der Waals surface area contributed by atoms with Crippen LogP contribution in [-0.4, -0.2) is 26.8 Å². The van der Waals surface area contributed by atoms with Gasteiger partial charge in [-0.2, -0.15) is 13.2 Å². The molecule has 0 radical (unpaired) electrons. The zero-order chi connectivity index (χ0) is 30.6. The van der Waals surface area contributed by atoms with E-state index in [1.807, 2.05) is 0 Å². The van der Waals surface area contributed by atoms with Gasteiger partial charge in [-0.05, 0) is 47.4 Å². The third-order valence-electron chi connectivity index (χ3n) is 6.49. The number of halogens is 4. The lowest BCUT2D eigenvalue weighted by atomic mass is 9.95. The summed E-state index contributed by atoms with van der Waals surface area (Å²) in [5.74, 6) is -1.77. The van der Waals surface area contributed by atoms with Gasteiger partial charge >= 0.3 is 18.2 Å². The van der Waals surface area contributed by atoms with Gasteiger partial charge in [-0.15, -0.1) is 0 Å². The Bertz CT molecular complexity index is 1700. The molecule has 4 aromatic rings. The van der Waals surface area contributed by atoms with E-state index in [4.69, 9.17) is 11.6 Å². The number of carboxylic acid groups (broad SMARTS) is 1. The van der Waals surface area contributed by atoms with Crippen molar-refractivity contribution in [3.8, 4) is 16.9 Å². The predicted octanol–water partition coefficient (Wildman–Crippen LogP) is 6.59. The molecule has 4 N–H and O–H groups in total. The van der Waals surface area contributed by atoms with Gasteiger partial charge in [0.25, 0.3) is 5.56 Å². The van der Waals surface area contributed by atoms with Gasteiger partial charge in [-0.1, -0.05) is 66.2 Å². The summed E-state index contributed by atoms with van der Waals surface area (Å²) in [5, 5.41) is 25.2. The van der Waals surface area contributed by atoms with Crippen LogP contribution in [-0.2, 0) is 17.5 Å². The number of hydrogen-bond acceptors (Lipinski definition) is 4. The third kappa shape index (κ3) is 6.92. The number of urea groups is 1. The summed E-state index contributed by atoms with van der Waals surface area (Å²) in [5.41, 5.74) is -0.899. The Morgan fingerprint density at radius 1 is 1.02 bits per heavy atom. The fourth-order valence-corrected chi connectivity index (χ4v) is 4.67. The number of aryl methyl sites for hydroxylation is 1. The van der Waals surface area contributed by atoms with E-state index in [0.29, 0.717) is 10.6 Å². The highest BCUT2D eigenvalue weighted by atomic mass is 35.5. The van der Waals surface area contributed by atoms with Crippen molar-refractivity contribution < 1.29 is 33.0 Å². The van der Waals surface area contributed by atoms with Crippen molar-refractivity contribution in [1.29, 1.82) is 0 Å².